The summed E-state index contributed by atoms with van der Waals surface area (Å²) in [5.74, 6) is -2.21. The van der Waals surface area contributed by atoms with E-state index >= 15 is 0 Å². The summed E-state index contributed by atoms with van der Waals surface area (Å²) in [4.78, 5) is 11.8. The average molecular weight is 442 g/mol. The highest BCUT2D eigenvalue weighted by Crippen LogP contribution is 2.31. The predicted molar refractivity (Wildman–Crippen MR) is 113 cm³/mol. The molecule has 3 aromatic carbocycles. The van der Waals surface area contributed by atoms with Crippen molar-refractivity contribution < 1.29 is 21.6 Å². The van der Waals surface area contributed by atoms with E-state index in [-0.39, 0.29) is 17.8 Å². The number of para-hydroxylation sites is 1. The first-order chi connectivity index (χ1) is 14.8. The van der Waals surface area contributed by atoms with Gasteiger partial charge in [0.25, 0.3) is 10.0 Å². The lowest BCUT2D eigenvalue weighted by atomic mass is 10.1. The standard InChI is InChI=1S/C22H16F2N2O4S/c23-15-10-11-19(17(24)12-15)31(28,29)26-21-20(25-13-14-6-2-1-3-7-14)16-8-4-5-9-18(16)30-22(21)27/h1-12,25-26H,13H2. The van der Waals surface area contributed by atoms with Crippen LogP contribution >= 0.6 is 0 Å². The van der Waals surface area contributed by atoms with E-state index in [1.165, 1.54) is 0 Å². The van der Waals surface area contributed by atoms with Crippen LogP contribution in [-0.2, 0) is 16.6 Å². The third-order valence-electron chi connectivity index (χ3n) is 4.55. The molecule has 0 unspecified atom stereocenters. The Morgan fingerprint density at radius 2 is 1.58 bits per heavy atom. The van der Waals surface area contributed by atoms with Crippen molar-refractivity contribution in [2.75, 3.05) is 10.0 Å². The third kappa shape index (κ3) is 4.26. The quantitative estimate of drug-likeness (QED) is 0.430. The Morgan fingerprint density at radius 1 is 0.871 bits per heavy atom. The molecule has 0 amide bonds. The number of sulfonamides is 1. The van der Waals surface area contributed by atoms with Crippen molar-refractivity contribution in [1.29, 1.82) is 0 Å². The predicted octanol–water partition coefficient (Wildman–Crippen LogP) is 4.48. The van der Waals surface area contributed by atoms with E-state index in [4.69, 9.17) is 4.42 Å². The summed E-state index contributed by atoms with van der Waals surface area (Å²) < 4.78 is 60.2. The third-order valence-corrected chi connectivity index (χ3v) is 5.93. The summed E-state index contributed by atoms with van der Waals surface area (Å²) in [6.07, 6.45) is 0. The van der Waals surface area contributed by atoms with Crippen LogP contribution in [0.15, 0.2) is 86.9 Å². The fourth-order valence-corrected chi connectivity index (χ4v) is 4.22. The van der Waals surface area contributed by atoms with Crippen molar-refractivity contribution in [2.24, 2.45) is 0 Å². The Labute approximate surface area is 176 Å². The minimum absolute atomic E-state index is 0.182. The van der Waals surface area contributed by atoms with Gasteiger partial charge in [-0.25, -0.2) is 22.0 Å². The first-order valence-electron chi connectivity index (χ1n) is 9.17. The van der Waals surface area contributed by atoms with Gasteiger partial charge in [-0.1, -0.05) is 42.5 Å². The maximum atomic E-state index is 14.1. The van der Waals surface area contributed by atoms with E-state index < -0.39 is 37.9 Å². The van der Waals surface area contributed by atoms with Gasteiger partial charge in [0.2, 0.25) is 0 Å². The van der Waals surface area contributed by atoms with Gasteiger partial charge in [0, 0.05) is 18.0 Å². The maximum Gasteiger partial charge on any atom is 0.363 e. The van der Waals surface area contributed by atoms with Crippen LogP contribution in [0.2, 0.25) is 0 Å². The van der Waals surface area contributed by atoms with Crippen LogP contribution in [0.25, 0.3) is 11.0 Å². The van der Waals surface area contributed by atoms with Crippen LogP contribution in [0.5, 0.6) is 0 Å². The lowest BCUT2D eigenvalue weighted by molar-refractivity contribution is 0.549. The molecule has 1 heterocycles. The number of anilines is 2. The monoisotopic (exact) mass is 442 g/mol. The zero-order valence-corrected chi connectivity index (χ0v) is 16.7. The molecule has 0 bridgehead atoms. The van der Waals surface area contributed by atoms with Gasteiger partial charge < -0.3 is 9.73 Å². The smallest absolute Gasteiger partial charge is 0.363 e. The molecule has 0 spiro atoms. The van der Waals surface area contributed by atoms with Crippen molar-refractivity contribution in [3.8, 4) is 0 Å². The molecule has 0 aliphatic rings. The molecule has 0 aliphatic carbocycles. The van der Waals surface area contributed by atoms with Crippen molar-refractivity contribution in [2.45, 2.75) is 11.4 Å². The first kappa shape index (κ1) is 20.5. The lowest BCUT2D eigenvalue weighted by Crippen LogP contribution is -2.21. The average Bonchev–Trinajstić information content (AvgIpc) is 2.74. The summed E-state index contributed by atoms with van der Waals surface area (Å²) in [6, 6.07) is 17.9. The Morgan fingerprint density at radius 3 is 2.32 bits per heavy atom. The Balaban J connectivity index is 1.81. The van der Waals surface area contributed by atoms with Crippen molar-refractivity contribution >= 4 is 32.4 Å². The Kier molecular flexibility index (Phi) is 5.43. The summed E-state index contributed by atoms with van der Waals surface area (Å²) in [6.45, 7) is 0.286. The molecule has 0 saturated carbocycles. The molecule has 0 atom stereocenters. The molecule has 2 N–H and O–H groups in total. The highest BCUT2D eigenvalue weighted by molar-refractivity contribution is 7.92. The number of fused-ring (bicyclic) bond motifs is 1. The number of rotatable bonds is 6. The van der Waals surface area contributed by atoms with Gasteiger partial charge >= 0.3 is 5.63 Å². The van der Waals surface area contributed by atoms with Crippen LogP contribution in [0, 0.1) is 11.6 Å². The molecule has 4 aromatic rings. The van der Waals surface area contributed by atoms with Gasteiger partial charge in [-0.05, 0) is 29.8 Å². The number of hydrogen-bond acceptors (Lipinski definition) is 5. The van der Waals surface area contributed by atoms with Crippen molar-refractivity contribution in [1.82, 2.24) is 0 Å². The van der Waals surface area contributed by atoms with Gasteiger partial charge in [0.15, 0.2) is 5.69 Å². The molecular formula is C22H16F2N2O4S. The molecule has 1 aromatic heterocycles. The molecule has 0 aliphatic heterocycles. The van der Waals surface area contributed by atoms with E-state index in [1.54, 1.807) is 24.3 Å². The summed E-state index contributed by atoms with van der Waals surface area (Å²) in [5.41, 5.74) is -0.0438. The van der Waals surface area contributed by atoms with Gasteiger partial charge in [-0.2, -0.15) is 0 Å². The van der Waals surface area contributed by atoms with E-state index in [9.17, 15) is 22.0 Å². The fourth-order valence-electron chi connectivity index (χ4n) is 3.09. The molecule has 0 fully saturated rings. The molecule has 0 radical (unpaired) electrons. The van der Waals surface area contributed by atoms with Crippen LogP contribution in [0.1, 0.15) is 5.56 Å². The zero-order chi connectivity index (χ0) is 22.0. The zero-order valence-electron chi connectivity index (χ0n) is 15.9. The minimum atomic E-state index is -4.55. The highest BCUT2D eigenvalue weighted by atomic mass is 32.2. The van der Waals surface area contributed by atoms with Crippen LogP contribution < -0.4 is 15.7 Å². The second-order valence-electron chi connectivity index (χ2n) is 6.66. The SMILES string of the molecule is O=c1oc2ccccc2c(NCc2ccccc2)c1NS(=O)(=O)c1ccc(F)cc1F. The van der Waals surface area contributed by atoms with Crippen molar-refractivity contribution in [3.63, 3.8) is 0 Å². The van der Waals surface area contributed by atoms with Crippen molar-refractivity contribution in [3.05, 3.63) is 100 Å². The van der Waals surface area contributed by atoms with E-state index in [1.807, 2.05) is 30.3 Å². The Bertz CT molecular complexity index is 1420. The van der Waals surface area contributed by atoms with Gasteiger partial charge in [-0.15, -0.1) is 0 Å². The number of hydrogen-bond donors (Lipinski definition) is 2. The number of benzene rings is 3. The summed E-state index contributed by atoms with van der Waals surface area (Å²) in [7, 11) is -4.55. The van der Waals surface area contributed by atoms with Crippen LogP contribution in [-0.4, -0.2) is 8.42 Å². The largest absolute Gasteiger partial charge is 0.421 e. The number of nitrogens with one attached hydrogen (secondary N) is 2. The second-order valence-corrected chi connectivity index (χ2v) is 8.31. The summed E-state index contributed by atoms with van der Waals surface area (Å²) in [5, 5.41) is 3.52. The number of halogens is 2. The van der Waals surface area contributed by atoms with E-state index in [0.29, 0.717) is 11.5 Å². The molecule has 4 rings (SSSR count). The van der Waals surface area contributed by atoms with Gasteiger partial charge in [0.05, 0.1) is 5.69 Å². The molecule has 6 nitrogen and oxygen atoms in total. The normalized spacial score (nSPS) is 11.4. The summed E-state index contributed by atoms with van der Waals surface area (Å²) >= 11 is 0. The maximum absolute atomic E-state index is 14.1. The second kappa shape index (κ2) is 8.19. The van der Waals surface area contributed by atoms with Crippen LogP contribution in [0.4, 0.5) is 20.2 Å². The topological polar surface area (TPSA) is 88.4 Å². The lowest BCUT2D eigenvalue weighted by Gasteiger charge is -2.15. The molecule has 158 valence electrons. The molecule has 9 heteroatoms. The minimum Gasteiger partial charge on any atom is -0.421 e. The fraction of sp³-hybridized carbons (Fsp3) is 0.0455. The first-order valence-corrected chi connectivity index (χ1v) is 10.6. The van der Waals surface area contributed by atoms with Gasteiger partial charge in [0.1, 0.15) is 22.1 Å². The molecule has 31 heavy (non-hydrogen) atoms. The molecule has 0 saturated heterocycles. The van der Waals surface area contributed by atoms with E-state index in [0.717, 1.165) is 17.7 Å². The van der Waals surface area contributed by atoms with Crippen LogP contribution in [0.3, 0.4) is 0 Å². The van der Waals surface area contributed by atoms with Gasteiger partial charge in [-0.3, -0.25) is 4.72 Å². The van der Waals surface area contributed by atoms with E-state index in [2.05, 4.69) is 10.0 Å². The Hall–Kier alpha value is -3.72. The highest BCUT2D eigenvalue weighted by Gasteiger charge is 2.24. The molecular weight excluding hydrogens is 426 g/mol.